The van der Waals surface area contributed by atoms with Crippen LogP contribution in [0.4, 0.5) is 0 Å². The van der Waals surface area contributed by atoms with Crippen LogP contribution in [0, 0.1) is 5.92 Å². The number of aliphatic hydroxyl groups is 1. The van der Waals surface area contributed by atoms with Crippen molar-refractivity contribution in [3.05, 3.63) is 0 Å². The van der Waals surface area contributed by atoms with E-state index < -0.39 is 0 Å². The first-order chi connectivity index (χ1) is 3.72. The molecule has 0 saturated carbocycles. The minimum atomic E-state index is 0.230. The number of likely N-dealkylation sites (N-methyl/N-ethyl adjacent to an activating group) is 1. The maximum absolute atomic E-state index is 8.63. The number of hydrogen-bond acceptors (Lipinski definition) is 2. The van der Waals surface area contributed by atoms with Crippen LogP contribution in [0.5, 0.6) is 0 Å². The van der Waals surface area contributed by atoms with Crippen molar-refractivity contribution in [2.45, 2.75) is 19.9 Å². The van der Waals surface area contributed by atoms with Gasteiger partial charge in [-0.3, -0.25) is 0 Å². The van der Waals surface area contributed by atoms with Crippen molar-refractivity contribution in [3.63, 3.8) is 0 Å². The highest BCUT2D eigenvalue weighted by Gasteiger charge is 2.06. The van der Waals surface area contributed by atoms with E-state index in [1.54, 1.807) is 0 Å². The zero-order valence-corrected chi connectivity index (χ0v) is 5.81. The Balaban J connectivity index is 3.35. The zero-order chi connectivity index (χ0) is 6.57. The van der Waals surface area contributed by atoms with Gasteiger partial charge in [0.25, 0.3) is 0 Å². The molecule has 0 radical (unpaired) electrons. The smallest absolute Gasteiger partial charge is 0.0587 e. The molecule has 0 aromatic heterocycles. The summed E-state index contributed by atoms with van der Waals surface area (Å²) >= 11 is 0. The van der Waals surface area contributed by atoms with Gasteiger partial charge in [0.15, 0.2) is 0 Å². The van der Waals surface area contributed by atoms with Crippen LogP contribution in [0.2, 0.25) is 0 Å². The lowest BCUT2D eigenvalue weighted by Crippen LogP contribution is -2.33. The second-order valence-corrected chi connectivity index (χ2v) is 2.32. The van der Waals surface area contributed by atoms with Crippen molar-refractivity contribution in [2.75, 3.05) is 13.7 Å². The van der Waals surface area contributed by atoms with Crippen LogP contribution in [0.1, 0.15) is 13.8 Å². The van der Waals surface area contributed by atoms with Crippen molar-refractivity contribution < 1.29 is 5.11 Å². The first kappa shape index (κ1) is 7.92. The lowest BCUT2D eigenvalue weighted by molar-refractivity contribution is 0.218. The van der Waals surface area contributed by atoms with Crippen LogP contribution in [0.25, 0.3) is 0 Å². The van der Waals surface area contributed by atoms with Gasteiger partial charge in [-0.25, -0.2) is 0 Å². The number of hydrogen-bond donors (Lipinski definition) is 2. The molecule has 0 saturated heterocycles. The predicted octanol–water partition coefficient (Wildman–Crippen LogP) is 0.223. The van der Waals surface area contributed by atoms with Crippen molar-refractivity contribution >= 4 is 0 Å². The summed E-state index contributed by atoms with van der Waals surface area (Å²) < 4.78 is 0. The van der Waals surface area contributed by atoms with Gasteiger partial charge in [0, 0.05) is 6.04 Å². The molecule has 0 aromatic rings. The molecule has 0 fully saturated rings. The Hall–Kier alpha value is -0.0800. The largest absolute Gasteiger partial charge is 0.395 e. The standard InChI is InChI=1S/C6H15NO/c1-5(2)6(4-8)7-3/h5-8H,4H2,1-3H3. The lowest BCUT2D eigenvalue weighted by Gasteiger charge is -2.15. The van der Waals surface area contributed by atoms with Gasteiger partial charge in [0.05, 0.1) is 6.61 Å². The van der Waals surface area contributed by atoms with Gasteiger partial charge >= 0.3 is 0 Å². The summed E-state index contributed by atoms with van der Waals surface area (Å²) in [7, 11) is 1.86. The molecule has 0 amide bonds. The van der Waals surface area contributed by atoms with E-state index in [0.29, 0.717) is 5.92 Å². The van der Waals surface area contributed by atoms with Crippen molar-refractivity contribution in [1.29, 1.82) is 0 Å². The molecule has 1 atom stereocenters. The average Bonchev–Trinajstić information content (AvgIpc) is 1.69. The molecular weight excluding hydrogens is 102 g/mol. The summed E-state index contributed by atoms with van der Waals surface area (Å²) in [5.41, 5.74) is 0. The monoisotopic (exact) mass is 117 g/mol. The molecule has 0 rings (SSSR count). The van der Waals surface area contributed by atoms with Gasteiger partial charge in [-0.05, 0) is 13.0 Å². The van der Waals surface area contributed by atoms with Gasteiger partial charge in [0.1, 0.15) is 0 Å². The molecule has 50 valence electrons. The Kier molecular flexibility index (Phi) is 3.83. The fraction of sp³-hybridized carbons (Fsp3) is 1.00. The number of aliphatic hydroxyl groups excluding tert-OH is 1. The third-order valence-electron chi connectivity index (χ3n) is 1.37. The molecule has 1 unspecified atom stereocenters. The van der Waals surface area contributed by atoms with Gasteiger partial charge in [-0.1, -0.05) is 13.8 Å². The topological polar surface area (TPSA) is 32.3 Å². The molecule has 0 aromatic carbocycles. The average molecular weight is 117 g/mol. The highest BCUT2D eigenvalue weighted by molar-refractivity contribution is 4.65. The van der Waals surface area contributed by atoms with E-state index in [1.807, 2.05) is 7.05 Å². The summed E-state index contributed by atoms with van der Waals surface area (Å²) in [6.07, 6.45) is 0. The molecule has 0 spiro atoms. The Morgan fingerprint density at radius 2 is 2.00 bits per heavy atom. The van der Waals surface area contributed by atoms with Gasteiger partial charge in [-0.2, -0.15) is 0 Å². The van der Waals surface area contributed by atoms with E-state index in [1.165, 1.54) is 0 Å². The minimum Gasteiger partial charge on any atom is -0.395 e. The Labute approximate surface area is 50.9 Å². The van der Waals surface area contributed by atoms with E-state index >= 15 is 0 Å². The normalized spacial score (nSPS) is 14.6. The van der Waals surface area contributed by atoms with E-state index in [0.717, 1.165) is 0 Å². The third kappa shape index (κ3) is 2.28. The summed E-state index contributed by atoms with van der Waals surface area (Å²) in [5, 5.41) is 11.6. The fourth-order valence-corrected chi connectivity index (χ4v) is 0.635. The minimum absolute atomic E-state index is 0.230. The molecule has 8 heavy (non-hydrogen) atoms. The Bertz CT molecular complexity index is 50.5. The molecule has 0 aliphatic carbocycles. The molecule has 0 aliphatic rings. The SMILES string of the molecule is CNC(CO)C(C)C. The van der Waals surface area contributed by atoms with Gasteiger partial charge in [-0.15, -0.1) is 0 Å². The molecule has 0 bridgehead atoms. The van der Waals surface area contributed by atoms with Crippen LogP contribution in [-0.4, -0.2) is 24.8 Å². The first-order valence-electron chi connectivity index (χ1n) is 3.00. The van der Waals surface area contributed by atoms with E-state index in [-0.39, 0.29) is 12.6 Å². The van der Waals surface area contributed by atoms with Gasteiger partial charge in [0.2, 0.25) is 0 Å². The second-order valence-electron chi connectivity index (χ2n) is 2.32. The second kappa shape index (κ2) is 3.87. The van der Waals surface area contributed by atoms with E-state index in [2.05, 4.69) is 19.2 Å². The predicted molar refractivity (Wildman–Crippen MR) is 34.8 cm³/mol. The molecule has 2 heteroatoms. The first-order valence-corrected chi connectivity index (χ1v) is 3.00. The lowest BCUT2D eigenvalue weighted by atomic mass is 10.1. The van der Waals surface area contributed by atoms with E-state index in [9.17, 15) is 0 Å². The molecule has 2 N–H and O–H groups in total. The van der Waals surface area contributed by atoms with Crippen LogP contribution in [-0.2, 0) is 0 Å². The molecule has 2 nitrogen and oxygen atoms in total. The quantitative estimate of drug-likeness (QED) is 0.554. The van der Waals surface area contributed by atoms with Gasteiger partial charge < -0.3 is 10.4 Å². The summed E-state index contributed by atoms with van der Waals surface area (Å²) in [5.74, 6) is 0.519. The van der Waals surface area contributed by atoms with Crippen molar-refractivity contribution in [3.8, 4) is 0 Å². The Morgan fingerprint density at radius 3 is 2.00 bits per heavy atom. The molecule has 0 aliphatic heterocycles. The number of rotatable bonds is 3. The van der Waals surface area contributed by atoms with Crippen LogP contribution >= 0.6 is 0 Å². The highest BCUT2D eigenvalue weighted by Crippen LogP contribution is 1.97. The van der Waals surface area contributed by atoms with Crippen molar-refractivity contribution in [1.82, 2.24) is 5.32 Å². The van der Waals surface area contributed by atoms with Crippen molar-refractivity contribution in [2.24, 2.45) is 5.92 Å². The van der Waals surface area contributed by atoms with Crippen LogP contribution < -0.4 is 5.32 Å². The zero-order valence-electron chi connectivity index (χ0n) is 5.81. The maximum atomic E-state index is 8.63. The fourth-order valence-electron chi connectivity index (χ4n) is 0.635. The van der Waals surface area contributed by atoms with E-state index in [4.69, 9.17) is 5.11 Å². The molecule has 0 heterocycles. The van der Waals surface area contributed by atoms with Crippen LogP contribution in [0.3, 0.4) is 0 Å². The van der Waals surface area contributed by atoms with Crippen LogP contribution in [0.15, 0.2) is 0 Å². The highest BCUT2D eigenvalue weighted by atomic mass is 16.3. The Morgan fingerprint density at radius 1 is 1.50 bits per heavy atom. The summed E-state index contributed by atoms with van der Waals surface area (Å²) in [4.78, 5) is 0. The maximum Gasteiger partial charge on any atom is 0.0587 e. The molecular formula is C6H15NO. The third-order valence-corrected chi connectivity index (χ3v) is 1.37. The summed E-state index contributed by atoms with van der Waals surface area (Å²) in [6.45, 7) is 4.39. The summed E-state index contributed by atoms with van der Waals surface area (Å²) in [6, 6.07) is 0.259. The number of nitrogens with one attached hydrogen (secondary N) is 1.